The van der Waals surface area contributed by atoms with E-state index >= 15 is 0 Å². The van der Waals surface area contributed by atoms with Gasteiger partial charge < -0.3 is 15.0 Å². The number of alkyl carbamates (subject to hydrolysis) is 1. The van der Waals surface area contributed by atoms with Crippen LogP contribution in [0.2, 0.25) is 0 Å². The van der Waals surface area contributed by atoms with Crippen LogP contribution in [0.5, 0.6) is 0 Å². The fourth-order valence-electron chi connectivity index (χ4n) is 4.84. The number of aromatic nitrogens is 2. The third kappa shape index (κ3) is 8.64. The predicted molar refractivity (Wildman–Crippen MR) is 150 cm³/mol. The molecule has 1 saturated heterocycles. The van der Waals surface area contributed by atoms with Gasteiger partial charge in [0, 0.05) is 30.5 Å². The van der Waals surface area contributed by atoms with Gasteiger partial charge in [-0.25, -0.2) is 19.5 Å². The van der Waals surface area contributed by atoms with E-state index < -0.39 is 27.6 Å². The van der Waals surface area contributed by atoms with E-state index in [2.05, 4.69) is 45.7 Å². The monoisotopic (exact) mass is 559 g/mol. The highest BCUT2D eigenvalue weighted by atomic mass is 32.2. The summed E-state index contributed by atoms with van der Waals surface area (Å²) >= 11 is 0. The number of amides is 2. The van der Waals surface area contributed by atoms with Crippen molar-refractivity contribution in [1.82, 2.24) is 20.0 Å². The molecule has 0 spiro atoms. The maximum absolute atomic E-state index is 13.2. The molecule has 0 aliphatic carbocycles. The van der Waals surface area contributed by atoms with Crippen LogP contribution in [0.4, 0.5) is 10.6 Å². The lowest BCUT2D eigenvalue weighted by molar-refractivity contribution is 0.0526. The third-order valence-electron chi connectivity index (χ3n) is 6.42. The first kappa shape index (κ1) is 30.3. The van der Waals surface area contributed by atoms with Crippen LogP contribution >= 0.6 is 0 Å². The molecule has 1 aliphatic heterocycles. The Morgan fingerprint density at radius 2 is 1.87 bits per heavy atom. The fourth-order valence-corrected chi connectivity index (χ4v) is 5.79. The van der Waals surface area contributed by atoms with Gasteiger partial charge in [0.05, 0.1) is 5.56 Å². The van der Waals surface area contributed by atoms with E-state index in [-0.39, 0.29) is 16.1 Å². The van der Waals surface area contributed by atoms with Gasteiger partial charge >= 0.3 is 6.09 Å². The van der Waals surface area contributed by atoms with Crippen molar-refractivity contribution < 1.29 is 22.7 Å². The minimum Gasteiger partial charge on any atom is -0.444 e. The molecule has 2 N–H and O–H groups in total. The van der Waals surface area contributed by atoms with E-state index in [1.54, 1.807) is 30.5 Å². The number of pyridine rings is 2. The van der Waals surface area contributed by atoms with Gasteiger partial charge in [-0.2, -0.15) is 8.42 Å². The highest BCUT2D eigenvalue weighted by Crippen LogP contribution is 2.37. The zero-order chi connectivity index (χ0) is 28.8. The summed E-state index contributed by atoms with van der Waals surface area (Å²) in [4.78, 5) is 35.7. The van der Waals surface area contributed by atoms with Crippen LogP contribution in [0.25, 0.3) is 0 Å². The first-order valence-corrected chi connectivity index (χ1v) is 14.9. The molecule has 3 rings (SSSR count). The Kier molecular flexibility index (Phi) is 9.58. The number of anilines is 1. The molecule has 2 aromatic heterocycles. The lowest BCUT2D eigenvalue weighted by Crippen LogP contribution is -2.41. The molecule has 214 valence electrons. The summed E-state index contributed by atoms with van der Waals surface area (Å²) in [6, 6.07) is 7.97. The number of rotatable bonds is 10. The first-order valence-electron chi connectivity index (χ1n) is 13.4. The zero-order valence-electron chi connectivity index (χ0n) is 23.8. The van der Waals surface area contributed by atoms with E-state index in [0.29, 0.717) is 30.4 Å². The Morgan fingerprint density at radius 3 is 2.54 bits per heavy atom. The highest BCUT2D eigenvalue weighted by molar-refractivity contribution is 7.90. The van der Waals surface area contributed by atoms with Crippen molar-refractivity contribution in [2.24, 2.45) is 5.92 Å². The standard InChI is InChI=1S/C28H41N5O5S/c1-20-18-28(5,6)33(19-20)24-22(14-11-17-29-24)25(34)32-39(36,37)23-15-10-13-21(31-23)12-8-7-9-16-30-26(35)38-27(2,3)4/h10-11,13-15,17,20H,7-9,12,16,18-19H2,1-6H3,(H,30,35)(H,32,34). The molecule has 0 aromatic carbocycles. The summed E-state index contributed by atoms with van der Waals surface area (Å²) in [7, 11) is -4.19. The van der Waals surface area contributed by atoms with Crippen molar-refractivity contribution in [3.63, 3.8) is 0 Å². The number of hydrogen-bond acceptors (Lipinski definition) is 8. The number of carbonyl (C=O) groups is 2. The maximum atomic E-state index is 13.2. The maximum Gasteiger partial charge on any atom is 0.407 e. The number of nitrogens with one attached hydrogen (secondary N) is 2. The van der Waals surface area contributed by atoms with Crippen LogP contribution in [0.3, 0.4) is 0 Å². The number of unbranched alkanes of at least 4 members (excludes halogenated alkanes) is 2. The number of sulfonamides is 1. The first-order chi connectivity index (χ1) is 18.2. The Labute approximate surface area is 232 Å². The summed E-state index contributed by atoms with van der Waals surface area (Å²) in [5.74, 6) is 0.162. The van der Waals surface area contributed by atoms with Gasteiger partial charge in [-0.3, -0.25) is 4.79 Å². The number of carbonyl (C=O) groups excluding carboxylic acids is 2. The van der Waals surface area contributed by atoms with Crippen LogP contribution < -0.4 is 14.9 Å². The minimum absolute atomic E-state index is 0.205. The van der Waals surface area contributed by atoms with Gasteiger partial charge in [0.2, 0.25) is 0 Å². The molecule has 1 fully saturated rings. The number of hydrogen-bond donors (Lipinski definition) is 2. The third-order valence-corrected chi connectivity index (χ3v) is 7.65. The van der Waals surface area contributed by atoms with Gasteiger partial charge in [0.25, 0.3) is 15.9 Å². The zero-order valence-corrected chi connectivity index (χ0v) is 24.6. The molecule has 2 amide bonds. The molecule has 1 aliphatic rings. The van der Waals surface area contributed by atoms with Crippen LogP contribution in [0.1, 0.15) is 83.3 Å². The number of nitrogens with zero attached hydrogens (tertiary/aromatic N) is 3. The SMILES string of the molecule is CC1CN(c2ncccc2C(=O)NS(=O)(=O)c2cccc(CCCCCNC(=O)OC(C)(C)C)n2)C(C)(C)C1. The van der Waals surface area contributed by atoms with Gasteiger partial charge in [0.1, 0.15) is 11.4 Å². The topological polar surface area (TPSA) is 131 Å². The van der Waals surface area contributed by atoms with Crippen molar-refractivity contribution in [2.45, 2.75) is 89.8 Å². The normalized spacial score (nSPS) is 17.1. The molecule has 2 aromatic rings. The molecular formula is C28H41N5O5S. The lowest BCUT2D eigenvalue weighted by atomic mass is 9.97. The predicted octanol–water partition coefficient (Wildman–Crippen LogP) is 4.46. The highest BCUT2D eigenvalue weighted by Gasteiger charge is 2.39. The van der Waals surface area contributed by atoms with E-state index in [1.165, 1.54) is 6.07 Å². The second-order valence-electron chi connectivity index (χ2n) is 11.7. The quantitative estimate of drug-likeness (QED) is 0.408. The molecule has 3 heterocycles. The Bertz CT molecular complexity index is 1270. The average molecular weight is 560 g/mol. The van der Waals surface area contributed by atoms with Crippen LogP contribution in [-0.4, -0.2) is 54.6 Å². The lowest BCUT2D eigenvalue weighted by Gasteiger charge is -2.33. The van der Waals surface area contributed by atoms with Crippen LogP contribution in [0.15, 0.2) is 41.6 Å². The van der Waals surface area contributed by atoms with Crippen molar-refractivity contribution in [3.05, 3.63) is 47.8 Å². The van der Waals surface area contributed by atoms with Gasteiger partial charge in [-0.1, -0.05) is 19.4 Å². The van der Waals surface area contributed by atoms with E-state index in [4.69, 9.17) is 4.74 Å². The van der Waals surface area contributed by atoms with Gasteiger partial charge in [-0.15, -0.1) is 0 Å². The molecule has 0 saturated carbocycles. The Morgan fingerprint density at radius 1 is 1.13 bits per heavy atom. The molecule has 0 bridgehead atoms. The smallest absolute Gasteiger partial charge is 0.407 e. The Hall–Kier alpha value is -3.21. The summed E-state index contributed by atoms with van der Waals surface area (Å²) < 4.78 is 33.5. The fraction of sp³-hybridized carbons (Fsp3) is 0.571. The van der Waals surface area contributed by atoms with Crippen molar-refractivity contribution in [1.29, 1.82) is 0 Å². The number of ether oxygens (including phenoxy) is 1. The van der Waals surface area contributed by atoms with Crippen LogP contribution in [-0.2, 0) is 21.2 Å². The molecular weight excluding hydrogens is 518 g/mol. The number of aryl methyl sites for hydroxylation is 1. The van der Waals surface area contributed by atoms with Crippen molar-refractivity contribution >= 4 is 27.8 Å². The molecule has 0 radical (unpaired) electrons. The molecule has 10 nitrogen and oxygen atoms in total. The van der Waals surface area contributed by atoms with Crippen molar-refractivity contribution in [3.8, 4) is 0 Å². The largest absolute Gasteiger partial charge is 0.444 e. The second-order valence-corrected chi connectivity index (χ2v) is 13.4. The minimum atomic E-state index is -4.19. The van der Waals surface area contributed by atoms with Crippen LogP contribution in [0, 0.1) is 5.92 Å². The van der Waals surface area contributed by atoms with E-state index in [1.807, 2.05) is 20.8 Å². The van der Waals surface area contributed by atoms with E-state index in [9.17, 15) is 18.0 Å². The summed E-state index contributed by atoms with van der Waals surface area (Å²) in [5.41, 5.74) is 0.0768. The van der Waals surface area contributed by atoms with E-state index in [0.717, 1.165) is 32.2 Å². The van der Waals surface area contributed by atoms with Crippen molar-refractivity contribution in [2.75, 3.05) is 18.0 Å². The van der Waals surface area contributed by atoms with Gasteiger partial charge in [0.15, 0.2) is 5.03 Å². The Balaban J connectivity index is 1.58. The molecule has 39 heavy (non-hydrogen) atoms. The average Bonchev–Trinajstić information content (AvgIpc) is 3.11. The summed E-state index contributed by atoms with van der Waals surface area (Å²) in [6.07, 6.45) is 5.02. The van der Waals surface area contributed by atoms with Gasteiger partial charge in [-0.05, 0) is 90.5 Å². The molecule has 11 heteroatoms. The summed E-state index contributed by atoms with van der Waals surface area (Å²) in [5, 5.41) is 2.52. The molecule has 1 unspecified atom stereocenters. The molecule has 1 atom stereocenters. The summed E-state index contributed by atoms with van der Waals surface area (Å²) in [6.45, 7) is 13.0. The second kappa shape index (κ2) is 12.3.